The number of nitrogens with one attached hydrogen (secondary N) is 2. The molecule has 1 aliphatic carbocycles. The average molecular weight is 564 g/mol. The van der Waals surface area contributed by atoms with Gasteiger partial charge >= 0.3 is 5.97 Å². The van der Waals surface area contributed by atoms with Crippen LogP contribution in [0.15, 0.2) is 53.4 Å². The highest BCUT2D eigenvalue weighted by Crippen LogP contribution is 2.35. The number of carbonyl (C=O) groups excluding carboxylic acids is 2. The number of halogens is 1. The van der Waals surface area contributed by atoms with Crippen LogP contribution in [-0.4, -0.2) is 41.5 Å². The number of aliphatic carboxylic acids is 1. The molecule has 2 aromatic carbocycles. The fourth-order valence-corrected chi connectivity index (χ4v) is 6.17. The lowest BCUT2D eigenvalue weighted by Crippen LogP contribution is -2.26. The summed E-state index contributed by atoms with van der Waals surface area (Å²) < 4.78 is 31.3. The number of aromatic nitrogens is 1. The van der Waals surface area contributed by atoms with Crippen molar-refractivity contribution in [3.05, 3.63) is 64.1 Å². The van der Waals surface area contributed by atoms with E-state index in [0.29, 0.717) is 24.1 Å². The Bertz CT molecular complexity index is 1450. The van der Waals surface area contributed by atoms with Gasteiger partial charge in [0, 0.05) is 24.2 Å². The molecule has 2 amide bonds. The maximum atomic E-state index is 13.3. The lowest BCUT2D eigenvalue weighted by atomic mass is 10.1. The summed E-state index contributed by atoms with van der Waals surface area (Å²) in [7, 11) is -3.42. The zero-order valence-electron chi connectivity index (χ0n) is 19.4. The van der Waals surface area contributed by atoms with Crippen LogP contribution in [0, 0.1) is 0 Å². The SMILES string of the molecule is CC(=O)Nc1cccc(OC(C(=O)Nc2nc(CC(=O)O)c(Cl)s2)c2ccc(S(=O)(=O)C3CC3)cc2)c1. The fraction of sp³-hybridized carbons (Fsp3) is 0.250. The molecule has 1 aromatic heterocycles. The third-order valence-corrected chi connectivity index (χ3v) is 8.85. The summed E-state index contributed by atoms with van der Waals surface area (Å²) in [6.45, 7) is 1.36. The van der Waals surface area contributed by atoms with Gasteiger partial charge in [-0.3, -0.25) is 19.7 Å². The molecule has 0 bridgehead atoms. The molecule has 37 heavy (non-hydrogen) atoms. The van der Waals surface area contributed by atoms with Crippen LogP contribution in [0.5, 0.6) is 5.75 Å². The number of rotatable bonds is 10. The molecule has 10 nitrogen and oxygen atoms in total. The van der Waals surface area contributed by atoms with Gasteiger partial charge in [-0.15, -0.1) is 0 Å². The van der Waals surface area contributed by atoms with Gasteiger partial charge in [0.2, 0.25) is 12.0 Å². The van der Waals surface area contributed by atoms with Crippen LogP contribution in [0.3, 0.4) is 0 Å². The van der Waals surface area contributed by atoms with E-state index in [9.17, 15) is 22.8 Å². The van der Waals surface area contributed by atoms with Crippen molar-refractivity contribution in [2.24, 2.45) is 0 Å². The van der Waals surface area contributed by atoms with Gasteiger partial charge in [-0.2, -0.15) is 0 Å². The van der Waals surface area contributed by atoms with Crippen molar-refractivity contribution >= 4 is 61.4 Å². The minimum absolute atomic E-state index is 0.0831. The molecule has 0 radical (unpaired) electrons. The van der Waals surface area contributed by atoms with Crippen LogP contribution in [0.2, 0.25) is 4.34 Å². The first-order valence-electron chi connectivity index (χ1n) is 11.1. The molecule has 0 spiro atoms. The molecular weight excluding hydrogens is 542 g/mol. The van der Waals surface area contributed by atoms with Crippen LogP contribution < -0.4 is 15.4 Å². The van der Waals surface area contributed by atoms with E-state index in [2.05, 4.69) is 15.6 Å². The maximum absolute atomic E-state index is 13.3. The second-order valence-electron chi connectivity index (χ2n) is 8.32. The Hall–Kier alpha value is -3.48. The molecule has 1 aliphatic rings. The van der Waals surface area contributed by atoms with Crippen molar-refractivity contribution < 1.29 is 32.6 Å². The minimum atomic E-state index is -3.42. The Kier molecular flexibility index (Phi) is 7.81. The quantitative estimate of drug-likeness (QED) is 0.334. The third kappa shape index (κ3) is 6.64. The van der Waals surface area contributed by atoms with Crippen LogP contribution >= 0.6 is 22.9 Å². The molecule has 1 heterocycles. The first kappa shape index (κ1) is 26.6. The number of carboxylic acid groups (broad SMARTS) is 1. The number of hydrogen-bond acceptors (Lipinski definition) is 8. The van der Waals surface area contributed by atoms with Crippen molar-refractivity contribution in [3.8, 4) is 5.75 Å². The number of sulfone groups is 1. The maximum Gasteiger partial charge on any atom is 0.309 e. The first-order valence-corrected chi connectivity index (χ1v) is 13.8. The predicted molar refractivity (Wildman–Crippen MR) is 138 cm³/mol. The normalized spacial score (nSPS) is 14.0. The van der Waals surface area contributed by atoms with E-state index in [1.54, 1.807) is 24.3 Å². The summed E-state index contributed by atoms with van der Waals surface area (Å²) >= 11 is 6.97. The number of hydrogen-bond donors (Lipinski definition) is 3. The molecule has 0 saturated heterocycles. The number of anilines is 2. The number of thiazole rings is 1. The minimum Gasteiger partial charge on any atom is -0.481 e. The first-order chi connectivity index (χ1) is 17.5. The summed E-state index contributed by atoms with van der Waals surface area (Å²) in [4.78, 5) is 40.0. The smallest absolute Gasteiger partial charge is 0.309 e. The molecule has 0 aliphatic heterocycles. The Labute approximate surface area is 221 Å². The molecule has 4 rings (SSSR count). The van der Waals surface area contributed by atoms with Gasteiger partial charge in [0.1, 0.15) is 10.1 Å². The molecule has 1 unspecified atom stereocenters. The van der Waals surface area contributed by atoms with E-state index < -0.39 is 34.2 Å². The highest BCUT2D eigenvalue weighted by atomic mass is 35.5. The van der Waals surface area contributed by atoms with Crippen molar-refractivity contribution in [2.45, 2.75) is 42.4 Å². The van der Waals surface area contributed by atoms with Crippen LogP contribution in [0.4, 0.5) is 10.8 Å². The lowest BCUT2D eigenvalue weighted by molar-refractivity contribution is -0.136. The van der Waals surface area contributed by atoms with Crippen molar-refractivity contribution in [1.29, 1.82) is 0 Å². The molecular formula is C24H22ClN3O7S2. The number of nitrogens with zero attached hydrogens (tertiary/aromatic N) is 1. The van der Waals surface area contributed by atoms with E-state index in [1.807, 2.05) is 0 Å². The molecule has 1 atom stereocenters. The zero-order chi connectivity index (χ0) is 26.7. The number of amides is 2. The molecule has 1 saturated carbocycles. The number of ether oxygens (including phenoxy) is 1. The van der Waals surface area contributed by atoms with Crippen molar-refractivity contribution in [1.82, 2.24) is 4.98 Å². The van der Waals surface area contributed by atoms with Crippen molar-refractivity contribution in [2.75, 3.05) is 10.6 Å². The van der Waals surface area contributed by atoms with E-state index in [1.165, 1.54) is 31.2 Å². The topological polar surface area (TPSA) is 152 Å². The average Bonchev–Trinajstić information content (AvgIpc) is 3.63. The molecule has 1 fully saturated rings. The van der Waals surface area contributed by atoms with E-state index in [-0.39, 0.29) is 37.0 Å². The number of carboxylic acids is 1. The second-order valence-corrected chi connectivity index (χ2v) is 12.1. The van der Waals surface area contributed by atoms with E-state index >= 15 is 0 Å². The Morgan fingerprint density at radius 2 is 1.86 bits per heavy atom. The summed E-state index contributed by atoms with van der Waals surface area (Å²) in [6, 6.07) is 12.3. The number of benzene rings is 2. The summed E-state index contributed by atoms with van der Waals surface area (Å²) in [5.41, 5.74) is 0.940. The lowest BCUT2D eigenvalue weighted by Gasteiger charge is -2.19. The van der Waals surface area contributed by atoms with Gasteiger partial charge in [0.05, 0.1) is 22.3 Å². The van der Waals surface area contributed by atoms with Gasteiger partial charge < -0.3 is 15.2 Å². The zero-order valence-corrected chi connectivity index (χ0v) is 21.8. The Morgan fingerprint density at radius 3 is 2.49 bits per heavy atom. The predicted octanol–water partition coefficient (Wildman–Crippen LogP) is 4.08. The van der Waals surface area contributed by atoms with Crippen LogP contribution in [-0.2, 0) is 30.6 Å². The van der Waals surface area contributed by atoms with Crippen molar-refractivity contribution in [3.63, 3.8) is 0 Å². The van der Waals surface area contributed by atoms with Crippen LogP contribution in [0.1, 0.15) is 37.1 Å². The number of carbonyl (C=O) groups is 3. The monoisotopic (exact) mass is 563 g/mol. The Morgan fingerprint density at radius 1 is 1.16 bits per heavy atom. The molecule has 3 aromatic rings. The fourth-order valence-electron chi connectivity index (χ4n) is 3.47. The summed E-state index contributed by atoms with van der Waals surface area (Å²) in [5, 5.41) is 13.9. The molecule has 3 N–H and O–H groups in total. The van der Waals surface area contributed by atoms with Crippen LogP contribution in [0.25, 0.3) is 0 Å². The van der Waals surface area contributed by atoms with Gasteiger partial charge in [0.15, 0.2) is 15.0 Å². The summed E-state index contributed by atoms with van der Waals surface area (Å²) in [5.74, 6) is -1.77. The second kappa shape index (κ2) is 10.9. The van der Waals surface area contributed by atoms with Gasteiger partial charge in [-0.1, -0.05) is 41.1 Å². The molecule has 13 heteroatoms. The Balaban J connectivity index is 1.62. The standard InChI is InChI=1S/C24H22ClN3O7S2/c1-13(29)26-15-3-2-4-16(11-15)35-21(14-5-7-17(8-6-14)37(33,34)18-9-10-18)23(32)28-24-27-19(12-20(30)31)22(25)36-24/h2-8,11,18,21H,9-10,12H2,1H3,(H,26,29)(H,30,31)(H,27,28,32). The van der Waals surface area contributed by atoms with Gasteiger partial charge in [0.25, 0.3) is 5.91 Å². The van der Waals surface area contributed by atoms with E-state index in [4.69, 9.17) is 21.4 Å². The highest BCUT2D eigenvalue weighted by molar-refractivity contribution is 7.92. The van der Waals surface area contributed by atoms with E-state index in [0.717, 1.165) is 11.3 Å². The van der Waals surface area contributed by atoms with Gasteiger partial charge in [-0.25, -0.2) is 13.4 Å². The molecule has 194 valence electrons. The largest absolute Gasteiger partial charge is 0.481 e. The highest BCUT2D eigenvalue weighted by Gasteiger charge is 2.37. The summed E-state index contributed by atoms with van der Waals surface area (Å²) in [6.07, 6.45) is -0.389. The van der Waals surface area contributed by atoms with Gasteiger partial charge in [-0.05, 0) is 37.1 Å². The third-order valence-electron chi connectivity index (χ3n) is 5.32.